The maximum atomic E-state index is 11.0. The van der Waals surface area contributed by atoms with Crippen molar-refractivity contribution in [2.24, 2.45) is 5.92 Å². The molecule has 0 aromatic heterocycles. The van der Waals surface area contributed by atoms with Gasteiger partial charge in [0, 0.05) is 6.61 Å². The van der Waals surface area contributed by atoms with Crippen LogP contribution in [0.15, 0.2) is 0 Å². The molecule has 0 heterocycles. The highest BCUT2D eigenvalue weighted by atomic mass is 32.2. The van der Waals surface area contributed by atoms with Crippen molar-refractivity contribution in [1.82, 2.24) is 0 Å². The molecular weight excluding hydrogens is 504 g/mol. The fraction of sp³-hybridized carbons (Fsp3) is 1.00. The fourth-order valence-corrected chi connectivity index (χ4v) is 5.96. The van der Waals surface area contributed by atoms with E-state index in [1.165, 1.54) is 180 Å². The van der Waals surface area contributed by atoms with E-state index < -0.39 is 10.1 Å². The van der Waals surface area contributed by atoms with Crippen LogP contribution in [0.4, 0.5) is 0 Å². The summed E-state index contributed by atoms with van der Waals surface area (Å²) in [5, 5.41) is 0. The Labute approximate surface area is 246 Å². The van der Waals surface area contributed by atoms with E-state index in [0.717, 1.165) is 0 Å². The van der Waals surface area contributed by atoms with E-state index in [1.807, 2.05) is 0 Å². The van der Waals surface area contributed by atoms with Gasteiger partial charge in [0.05, 0.1) is 12.4 Å². The van der Waals surface area contributed by atoms with Crippen molar-refractivity contribution < 1.29 is 17.7 Å². The highest BCUT2D eigenvalue weighted by Gasteiger charge is 2.11. The fourth-order valence-electron chi connectivity index (χ4n) is 5.63. The van der Waals surface area contributed by atoms with Crippen LogP contribution in [0.1, 0.15) is 194 Å². The van der Waals surface area contributed by atoms with Crippen LogP contribution in [0.25, 0.3) is 0 Å². The summed E-state index contributed by atoms with van der Waals surface area (Å²) in [4.78, 5) is 0. The molecule has 0 rings (SSSR count). The summed E-state index contributed by atoms with van der Waals surface area (Å²) in [7, 11) is -3.93. The summed E-state index contributed by atoms with van der Waals surface area (Å²) < 4.78 is 36.5. The second-order valence-electron chi connectivity index (χ2n) is 12.3. The lowest BCUT2D eigenvalue weighted by Crippen LogP contribution is -2.16. The predicted octanol–water partition coefficient (Wildman–Crippen LogP) is 11.5. The molecule has 0 aromatic carbocycles. The van der Waals surface area contributed by atoms with Crippen molar-refractivity contribution in [2.45, 2.75) is 194 Å². The summed E-state index contributed by atoms with van der Waals surface area (Å²) in [6.45, 7) is 5.29. The smallest absolute Gasteiger partial charge is 0.267 e. The Bertz CT molecular complexity index is 564. The lowest BCUT2D eigenvalue weighted by molar-refractivity contribution is 0.101. The van der Waals surface area contributed by atoms with E-state index >= 15 is 0 Å². The average molecular weight is 575 g/mol. The molecule has 0 bridgehead atoms. The van der Waals surface area contributed by atoms with E-state index in [4.69, 9.17) is 9.29 Å². The molecule has 5 heteroatoms. The van der Waals surface area contributed by atoms with Crippen molar-refractivity contribution >= 4 is 10.1 Å². The minimum Gasteiger partial charge on any atom is -0.380 e. The third-order valence-electron chi connectivity index (χ3n) is 8.27. The minimum absolute atomic E-state index is 0.104. The zero-order valence-electron chi connectivity index (χ0n) is 26.6. The van der Waals surface area contributed by atoms with Crippen LogP contribution < -0.4 is 0 Å². The molecule has 1 unspecified atom stereocenters. The van der Waals surface area contributed by atoms with E-state index in [9.17, 15) is 8.42 Å². The highest BCUT2D eigenvalue weighted by Crippen LogP contribution is 2.21. The van der Waals surface area contributed by atoms with Gasteiger partial charge in [-0.15, -0.1) is 0 Å². The molecule has 0 radical (unpaired) electrons. The van der Waals surface area contributed by atoms with Crippen LogP contribution in [0.2, 0.25) is 0 Å². The molecule has 0 aliphatic rings. The van der Waals surface area contributed by atoms with Gasteiger partial charge in [0.15, 0.2) is 0 Å². The first-order valence-electron chi connectivity index (χ1n) is 17.5. The third-order valence-corrected chi connectivity index (χ3v) is 8.95. The molecule has 0 aliphatic carbocycles. The molecule has 1 N–H and O–H groups in total. The predicted molar refractivity (Wildman–Crippen MR) is 171 cm³/mol. The Hall–Kier alpha value is -0.130. The van der Waals surface area contributed by atoms with E-state index in [2.05, 4.69) is 13.8 Å². The van der Waals surface area contributed by atoms with E-state index in [-0.39, 0.29) is 12.4 Å². The number of rotatable bonds is 33. The quantitative estimate of drug-likeness (QED) is 0.0625. The van der Waals surface area contributed by atoms with Crippen LogP contribution in [0, 0.1) is 5.92 Å². The van der Waals surface area contributed by atoms with Crippen LogP contribution in [0.3, 0.4) is 0 Å². The highest BCUT2D eigenvalue weighted by molar-refractivity contribution is 7.85. The minimum atomic E-state index is -3.93. The van der Waals surface area contributed by atoms with Gasteiger partial charge in [-0.25, -0.2) is 0 Å². The maximum Gasteiger partial charge on any atom is 0.267 e. The van der Waals surface area contributed by atoms with Gasteiger partial charge in [0.1, 0.15) is 0 Å². The summed E-state index contributed by atoms with van der Waals surface area (Å²) >= 11 is 0. The Balaban J connectivity index is 3.81. The standard InChI is InChI=1S/C34H70O4S/c1-3-5-7-9-11-13-15-17-18-20-22-24-26-28-30-34(33-38-31-32-39(35,36)37)29-27-25-23-21-19-16-14-12-10-8-6-4-2/h34H,3-33H2,1-2H3,(H,35,36,37). The first-order valence-corrected chi connectivity index (χ1v) is 19.1. The molecule has 0 aromatic rings. The first kappa shape index (κ1) is 38.9. The van der Waals surface area contributed by atoms with Crippen LogP contribution in [-0.2, 0) is 14.9 Å². The molecule has 0 aliphatic heterocycles. The van der Waals surface area contributed by atoms with Crippen LogP contribution in [-0.4, -0.2) is 31.9 Å². The Morgan fingerprint density at radius 2 is 0.769 bits per heavy atom. The number of hydrogen-bond acceptors (Lipinski definition) is 3. The molecule has 0 saturated heterocycles. The first-order chi connectivity index (χ1) is 19.0. The lowest BCUT2D eigenvalue weighted by atomic mass is 9.94. The van der Waals surface area contributed by atoms with Crippen molar-refractivity contribution in [3.63, 3.8) is 0 Å². The van der Waals surface area contributed by atoms with E-state index in [0.29, 0.717) is 12.5 Å². The summed E-state index contributed by atoms with van der Waals surface area (Å²) in [6, 6.07) is 0. The topological polar surface area (TPSA) is 63.6 Å². The number of ether oxygens (including phenoxy) is 1. The van der Waals surface area contributed by atoms with Gasteiger partial charge in [-0.2, -0.15) is 8.42 Å². The van der Waals surface area contributed by atoms with Crippen molar-refractivity contribution in [2.75, 3.05) is 19.0 Å². The van der Waals surface area contributed by atoms with Crippen molar-refractivity contribution in [3.8, 4) is 0 Å². The summed E-state index contributed by atoms with van der Waals surface area (Å²) in [5.74, 6) is 0.226. The zero-order chi connectivity index (χ0) is 28.7. The SMILES string of the molecule is CCCCCCCCCCCCCCCCC(CCCCCCCCCCCCCC)COCCS(=O)(=O)O. The molecule has 1 atom stereocenters. The molecule has 39 heavy (non-hydrogen) atoms. The van der Waals surface area contributed by atoms with Crippen LogP contribution in [0.5, 0.6) is 0 Å². The normalized spacial score (nSPS) is 12.8. The molecular formula is C34H70O4S. The molecule has 0 saturated carbocycles. The molecule has 0 spiro atoms. The van der Waals surface area contributed by atoms with Gasteiger partial charge in [-0.1, -0.05) is 181 Å². The lowest BCUT2D eigenvalue weighted by Gasteiger charge is -2.17. The maximum absolute atomic E-state index is 11.0. The number of hydrogen-bond donors (Lipinski definition) is 1. The largest absolute Gasteiger partial charge is 0.380 e. The molecule has 0 fully saturated rings. The Morgan fingerprint density at radius 3 is 1.05 bits per heavy atom. The van der Waals surface area contributed by atoms with Crippen LogP contribution >= 0.6 is 0 Å². The molecule has 236 valence electrons. The second-order valence-corrected chi connectivity index (χ2v) is 13.9. The Morgan fingerprint density at radius 1 is 0.487 bits per heavy atom. The molecule has 4 nitrogen and oxygen atoms in total. The van der Waals surface area contributed by atoms with Gasteiger partial charge in [-0.05, 0) is 18.8 Å². The van der Waals surface area contributed by atoms with Gasteiger partial charge >= 0.3 is 0 Å². The molecule has 0 amide bonds. The number of unbranched alkanes of at least 4 members (excludes halogenated alkanes) is 24. The second kappa shape index (κ2) is 30.8. The zero-order valence-corrected chi connectivity index (χ0v) is 27.4. The van der Waals surface area contributed by atoms with Crippen molar-refractivity contribution in [1.29, 1.82) is 0 Å². The monoisotopic (exact) mass is 574 g/mol. The van der Waals surface area contributed by atoms with Gasteiger partial charge in [-0.3, -0.25) is 4.55 Å². The third kappa shape index (κ3) is 34.0. The average Bonchev–Trinajstić information content (AvgIpc) is 2.90. The van der Waals surface area contributed by atoms with E-state index in [1.54, 1.807) is 0 Å². The van der Waals surface area contributed by atoms with Gasteiger partial charge in [0.25, 0.3) is 10.1 Å². The van der Waals surface area contributed by atoms with Crippen molar-refractivity contribution in [3.05, 3.63) is 0 Å². The van der Waals surface area contributed by atoms with Gasteiger partial charge < -0.3 is 4.74 Å². The Kier molecular flexibility index (Phi) is 30.7. The summed E-state index contributed by atoms with van der Waals surface area (Å²) in [5.41, 5.74) is 0. The summed E-state index contributed by atoms with van der Waals surface area (Å²) in [6.07, 6.45) is 38.1. The van der Waals surface area contributed by atoms with Gasteiger partial charge in [0.2, 0.25) is 0 Å².